The number of hydrogen-bond acceptors (Lipinski definition) is 4. The fraction of sp³-hybridized carbons (Fsp3) is 0.286. The highest BCUT2D eigenvalue weighted by Gasteiger charge is 2.25. The summed E-state index contributed by atoms with van der Waals surface area (Å²) in [7, 11) is 0. The minimum atomic E-state index is -0.901. The van der Waals surface area contributed by atoms with E-state index in [1.165, 1.54) is 29.8 Å². The van der Waals surface area contributed by atoms with Crippen LogP contribution in [-0.2, 0) is 16.0 Å². The third-order valence-electron chi connectivity index (χ3n) is 4.62. The van der Waals surface area contributed by atoms with E-state index in [0.29, 0.717) is 17.4 Å². The Morgan fingerprint density at radius 3 is 2.62 bits per heavy atom. The summed E-state index contributed by atoms with van der Waals surface area (Å²) in [6.07, 6.45) is 2.70. The average Bonchev–Trinajstić information content (AvgIpc) is 2.68. The first kappa shape index (κ1) is 17.9. The number of benzene rings is 2. The largest absolute Gasteiger partial charge is 0.449 e. The molecule has 0 radical (unpaired) electrons. The van der Waals surface area contributed by atoms with E-state index in [1.54, 1.807) is 6.92 Å². The van der Waals surface area contributed by atoms with Gasteiger partial charge in [0.15, 0.2) is 6.10 Å². The second-order valence-electron chi connectivity index (χ2n) is 6.44. The van der Waals surface area contributed by atoms with Gasteiger partial charge < -0.3 is 10.1 Å². The van der Waals surface area contributed by atoms with Crippen LogP contribution in [-0.4, -0.2) is 24.3 Å². The molecule has 3 rings (SSSR count). The van der Waals surface area contributed by atoms with Crippen LogP contribution in [0.4, 0.5) is 0 Å². The molecule has 0 unspecified atom stereocenters. The zero-order valence-electron chi connectivity index (χ0n) is 14.6. The van der Waals surface area contributed by atoms with Gasteiger partial charge in [-0.1, -0.05) is 36.4 Å². The third kappa shape index (κ3) is 3.99. The van der Waals surface area contributed by atoms with Gasteiger partial charge in [0.1, 0.15) is 6.29 Å². The molecule has 1 amide bonds. The van der Waals surface area contributed by atoms with Gasteiger partial charge in [-0.2, -0.15) is 0 Å². The minimum Gasteiger partial charge on any atom is -0.449 e. The number of esters is 1. The fourth-order valence-corrected chi connectivity index (χ4v) is 3.17. The Morgan fingerprint density at radius 2 is 1.88 bits per heavy atom. The van der Waals surface area contributed by atoms with Crippen molar-refractivity contribution in [2.24, 2.45) is 0 Å². The lowest BCUT2D eigenvalue weighted by Crippen LogP contribution is -2.39. The molecule has 0 bridgehead atoms. The fourth-order valence-electron chi connectivity index (χ4n) is 3.17. The maximum atomic E-state index is 12.5. The first-order valence-corrected chi connectivity index (χ1v) is 8.73. The lowest BCUT2D eigenvalue weighted by atomic mass is 9.87. The number of aldehydes is 1. The van der Waals surface area contributed by atoms with Crippen molar-refractivity contribution in [3.63, 3.8) is 0 Å². The quantitative estimate of drug-likeness (QED) is 0.663. The van der Waals surface area contributed by atoms with Crippen molar-refractivity contribution in [1.82, 2.24) is 5.32 Å². The van der Waals surface area contributed by atoms with Crippen molar-refractivity contribution < 1.29 is 19.1 Å². The van der Waals surface area contributed by atoms with Crippen LogP contribution in [0.25, 0.3) is 0 Å². The highest BCUT2D eigenvalue weighted by molar-refractivity contribution is 5.93. The van der Waals surface area contributed by atoms with Gasteiger partial charge in [-0.05, 0) is 49.4 Å². The molecule has 134 valence electrons. The van der Waals surface area contributed by atoms with Crippen LogP contribution in [0.3, 0.4) is 0 Å². The van der Waals surface area contributed by atoms with Crippen LogP contribution in [0.15, 0.2) is 48.5 Å². The number of aryl methyl sites for hydroxylation is 1. The lowest BCUT2D eigenvalue weighted by Gasteiger charge is -2.27. The van der Waals surface area contributed by atoms with Crippen molar-refractivity contribution in [2.75, 3.05) is 0 Å². The molecule has 0 spiro atoms. The molecule has 1 N–H and O–H groups in total. The van der Waals surface area contributed by atoms with Crippen molar-refractivity contribution in [2.45, 2.75) is 38.3 Å². The smallest absolute Gasteiger partial charge is 0.338 e. The van der Waals surface area contributed by atoms with E-state index >= 15 is 0 Å². The molecule has 0 fully saturated rings. The van der Waals surface area contributed by atoms with Crippen molar-refractivity contribution in [1.29, 1.82) is 0 Å². The monoisotopic (exact) mass is 351 g/mol. The lowest BCUT2D eigenvalue weighted by molar-refractivity contribution is -0.130. The van der Waals surface area contributed by atoms with E-state index in [0.717, 1.165) is 24.8 Å². The Morgan fingerprint density at radius 1 is 1.15 bits per heavy atom. The summed E-state index contributed by atoms with van der Waals surface area (Å²) in [5.74, 6) is -0.904. The van der Waals surface area contributed by atoms with Crippen LogP contribution < -0.4 is 5.32 Å². The predicted molar refractivity (Wildman–Crippen MR) is 97.0 cm³/mol. The summed E-state index contributed by atoms with van der Waals surface area (Å²) in [5.41, 5.74) is 3.17. The van der Waals surface area contributed by atoms with Gasteiger partial charge in [-0.25, -0.2) is 4.79 Å². The van der Waals surface area contributed by atoms with Gasteiger partial charge in [-0.15, -0.1) is 0 Å². The van der Waals surface area contributed by atoms with Gasteiger partial charge in [-0.3, -0.25) is 9.59 Å². The van der Waals surface area contributed by atoms with Gasteiger partial charge in [0.25, 0.3) is 5.91 Å². The Labute approximate surface area is 152 Å². The number of ether oxygens (including phenoxy) is 1. The molecule has 5 nitrogen and oxygen atoms in total. The molecule has 2 aromatic rings. The standard InChI is InChI=1S/C21H21NO4/c1-14(26-21(25)17-11-9-15(13-23)10-12-17)20(24)22-19-8-4-6-16-5-2-3-7-18(16)19/h2-3,5,7,9-14,19H,4,6,8H2,1H3,(H,22,24)/t14-,19+/m1/s1. The van der Waals surface area contributed by atoms with E-state index in [1.807, 2.05) is 18.2 Å². The second kappa shape index (κ2) is 7.95. The number of carbonyl (C=O) groups is 3. The second-order valence-corrected chi connectivity index (χ2v) is 6.44. The zero-order valence-corrected chi connectivity index (χ0v) is 14.6. The molecular formula is C21H21NO4. The summed E-state index contributed by atoms with van der Waals surface area (Å²) in [6, 6.07) is 14.1. The van der Waals surface area contributed by atoms with Crippen LogP contribution in [0.1, 0.15) is 57.7 Å². The van der Waals surface area contributed by atoms with Crippen molar-refractivity contribution in [3.8, 4) is 0 Å². The number of rotatable bonds is 5. The van der Waals surface area contributed by atoms with Crippen molar-refractivity contribution in [3.05, 3.63) is 70.8 Å². The van der Waals surface area contributed by atoms with Crippen LogP contribution >= 0.6 is 0 Å². The van der Waals surface area contributed by atoms with E-state index < -0.39 is 12.1 Å². The molecule has 2 aromatic carbocycles. The molecular weight excluding hydrogens is 330 g/mol. The van der Waals surface area contributed by atoms with Gasteiger partial charge in [0.2, 0.25) is 0 Å². The number of carbonyl (C=O) groups excluding carboxylic acids is 3. The first-order valence-electron chi connectivity index (χ1n) is 8.73. The summed E-state index contributed by atoms with van der Waals surface area (Å²) < 4.78 is 5.26. The van der Waals surface area contributed by atoms with Crippen LogP contribution in [0, 0.1) is 0 Å². The van der Waals surface area contributed by atoms with E-state index in [2.05, 4.69) is 11.4 Å². The highest BCUT2D eigenvalue weighted by atomic mass is 16.5. The Kier molecular flexibility index (Phi) is 5.46. The molecule has 0 aliphatic heterocycles. The number of hydrogen-bond donors (Lipinski definition) is 1. The molecule has 0 aromatic heterocycles. The molecule has 26 heavy (non-hydrogen) atoms. The van der Waals surface area contributed by atoms with Gasteiger partial charge in [0, 0.05) is 5.56 Å². The SMILES string of the molecule is C[C@@H](OC(=O)c1ccc(C=O)cc1)C(=O)N[C@H]1CCCc2ccccc21. The predicted octanol–water partition coefficient (Wildman–Crippen LogP) is 3.24. The molecule has 2 atom stereocenters. The van der Waals surface area contributed by atoms with Crippen LogP contribution in [0.2, 0.25) is 0 Å². The molecule has 0 saturated heterocycles. The topological polar surface area (TPSA) is 72.5 Å². The van der Waals surface area contributed by atoms with Gasteiger partial charge in [0.05, 0.1) is 11.6 Å². The third-order valence-corrected chi connectivity index (χ3v) is 4.62. The Hall–Kier alpha value is -2.95. The van der Waals surface area contributed by atoms with E-state index in [4.69, 9.17) is 4.74 Å². The van der Waals surface area contributed by atoms with Gasteiger partial charge >= 0.3 is 5.97 Å². The summed E-state index contributed by atoms with van der Waals surface area (Å²) in [5, 5.41) is 2.99. The zero-order chi connectivity index (χ0) is 18.5. The summed E-state index contributed by atoms with van der Waals surface area (Å²) in [6.45, 7) is 1.56. The normalized spacial score (nSPS) is 16.9. The molecule has 0 heterocycles. The van der Waals surface area contributed by atoms with E-state index in [9.17, 15) is 14.4 Å². The van der Waals surface area contributed by atoms with Crippen LogP contribution in [0.5, 0.6) is 0 Å². The molecule has 5 heteroatoms. The van der Waals surface area contributed by atoms with Crippen molar-refractivity contribution >= 4 is 18.2 Å². The minimum absolute atomic E-state index is 0.0551. The Bertz CT molecular complexity index is 813. The maximum absolute atomic E-state index is 12.5. The van der Waals surface area contributed by atoms with E-state index in [-0.39, 0.29) is 11.9 Å². The summed E-state index contributed by atoms with van der Waals surface area (Å²) >= 11 is 0. The number of fused-ring (bicyclic) bond motifs is 1. The highest BCUT2D eigenvalue weighted by Crippen LogP contribution is 2.29. The first-order chi connectivity index (χ1) is 12.6. The number of amides is 1. The average molecular weight is 351 g/mol. The summed E-state index contributed by atoms with van der Waals surface area (Å²) in [4.78, 5) is 35.3. The molecule has 1 aliphatic carbocycles. The number of nitrogens with one attached hydrogen (secondary N) is 1. The molecule has 1 aliphatic rings. The maximum Gasteiger partial charge on any atom is 0.338 e. The Balaban J connectivity index is 1.61. The molecule has 0 saturated carbocycles.